The highest BCUT2D eigenvalue weighted by atomic mass is 16.3. The van der Waals surface area contributed by atoms with Crippen LogP contribution in [-0.2, 0) is 0 Å². The van der Waals surface area contributed by atoms with Gasteiger partial charge in [-0.05, 0) is 21.0 Å². The molecule has 0 aliphatic carbocycles. The molecule has 84 valence electrons. The van der Waals surface area contributed by atoms with Crippen LogP contribution in [0.25, 0.3) is 0 Å². The fraction of sp³-hybridized carbons (Fsp3) is 1.00. The summed E-state index contributed by atoms with van der Waals surface area (Å²) in [5.74, 6) is 0. The maximum atomic E-state index is 9.62. The number of β-amino-alcohol motifs (C(OH)–C–C–N with tert-alkyl or cyclic N) is 1. The quantitative estimate of drug-likeness (QED) is 0.627. The first-order valence-corrected chi connectivity index (χ1v) is 5.36. The normalized spacial score (nSPS) is 30.6. The summed E-state index contributed by atoms with van der Waals surface area (Å²) < 4.78 is 0. The van der Waals surface area contributed by atoms with Crippen LogP contribution in [0, 0.1) is 0 Å². The summed E-state index contributed by atoms with van der Waals surface area (Å²) in [6.07, 6.45) is -0.220. The molecule has 1 aliphatic heterocycles. The molecule has 0 bridgehead atoms. The van der Waals surface area contributed by atoms with Gasteiger partial charge in [0.25, 0.3) is 0 Å². The van der Waals surface area contributed by atoms with Gasteiger partial charge in [0.2, 0.25) is 0 Å². The third-order valence-electron chi connectivity index (χ3n) is 2.57. The first kappa shape index (κ1) is 11.9. The molecule has 14 heavy (non-hydrogen) atoms. The van der Waals surface area contributed by atoms with Crippen LogP contribution in [0.3, 0.4) is 0 Å². The number of aliphatic hydroxyl groups excluding tert-OH is 1. The zero-order valence-electron chi connectivity index (χ0n) is 9.53. The highest BCUT2D eigenvalue weighted by Gasteiger charge is 2.19. The maximum Gasteiger partial charge on any atom is 0.0791 e. The molecular weight excluding hydrogens is 178 g/mol. The van der Waals surface area contributed by atoms with Crippen LogP contribution < -0.4 is 5.32 Å². The van der Waals surface area contributed by atoms with E-state index in [2.05, 4.69) is 36.1 Å². The van der Waals surface area contributed by atoms with E-state index in [1.165, 1.54) is 0 Å². The minimum atomic E-state index is -0.220. The minimum Gasteiger partial charge on any atom is -0.390 e. The van der Waals surface area contributed by atoms with Crippen LogP contribution in [0.1, 0.15) is 6.92 Å². The van der Waals surface area contributed by atoms with Gasteiger partial charge in [-0.15, -0.1) is 0 Å². The van der Waals surface area contributed by atoms with Gasteiger partial charge in [0.05, 0.1) is 6.10 Å². The van der Waals surface area contributed by atoms with Gasteiger partial charge in [-0.2, -0.15) is 0 Å². The van der Waals surface area contributed by atoms with Crippen molar-refractivity contribution in [3.05, 3.63) is 0 Å². The van der Waals surface area contributed by atoms with Crippen molar-refractivity contribution >= 4 is 0 Å². The Morgan fingerprint density at radius 2 is 2.14 bits per heavy atom. The van der Waals surface area contributed by atoms with Crippen molar-refractivity contribution in [3.63, 3.8) is 0 Å². The molecule has 2 atom stereocenters. The number of aliphatic hydroxyl groups is 1. The zero-order chi connectivity index (χ0) is 10.6. The Bertz CT molecular complexity index is 151. The van der Waals surface area contributed by atoms with E-state index in [1.807, 2.05) is 0 Å². The Labute approximate surface area is 86.9 Å². The van der Waals surface area contributed by atoms with E-state index in [4.69, 9.17) is 0 Å². The molecule has 0 radical (unpaired) electrons. The third-order valence-corrected chi connectivity index (χ3v) is 2.57. The average molecular weight is 201 g/mol. The van der Waals surface area contributed by atoms with Crippen molar-refractivity contribution in [2.45, 2.75) is 19.1 Å². The van der Waals surface area contributed by atoms with E-state index in [9.17, 15) is 5.11 Å². The number of nitrogens with zero attached hydrogens (tertiary/aromatic N) is 2. The Kier molecular flexibility index (Phi) is 4.81. The van der Waals surface area contributed by atoms with Crippen LogP contribution in [0.5, 0.6) is 0 Å². The van der Waals surface area contributed by atoms with Gasteiger partial charge in [0.1, 0.15) is 0 Å². The van der Waals surface area contributed by atoms with Crippen LogP contribution in [-0.4, -0.2) is 73.9 Å². The summed E-state index contributed by atoms with van der Waals surface area (Å²) in [5, 5.41) is 12.9. The number of rotatable bonds is 3. The van der Waals surface area contributed by atoms with Crippen LogP contribution >= 0.6 is 0 Å². The molecule has 0 aromatic carbocycles. The predicted molar refractivity (Wildman–Crippen MR) is 58.5 cm³/mol. The molecule has 1 saturated heterocycles. The van der Waals surface area contributed by atoms with Crippen molar-refractivity contribution in [2.75, 3.05) is 46.8 Å². The predicted octanol–water partition coefficient (Wildman–Crippen LogP) is -0.797. The lowest BCUT2D eigenvalue weighted by Gasteiger charge is -2.24. The van der Waals surface area contributed by atoms with Crippen molar-refractivity contribution in [2.24, 2.45) is 0 Å². The molecule has 0 amide bonds. The maximum absolute atomic E-state index is 9.62. The molecule has 1 aliphatic rings. The van der Waals surface area contributed by atoms with Crippen LogP contribution in [0.2, 0.25) is 0 Å². The molecule has 2 N–H and O–H groups in total. The monoisotopic (exact) mass is 201 g/mol. The van der Waals surface area contributed by atoms with Gasteiger partial charge in [-0.25, -0.2) is 0 Å². The third kappa shape index (κ3) is 4.37. The summed E-state index contributed by atoms with van der Waals surface area (Å²) in [6.45, 7) is 6.81. The first-order valence-electron chi connectivity index (χ1n) is 5.36. The van der Waals surface area contributed by atoms with Gasteiger partial charge in [-0.1, -0.05) is 0 Å². The van der Waals surface area contributed by atoms with E-state index in [1.54, 1.807) is 0 Å². The topological polar surface area (TPSA) is 38.7 Å². The lowest BCUT2D eigenvalue weighted by Crippen LogP contribution is -2.39. The summed E-state index contributed by atoms with van der Waals surface area (Å²) in [7, 11) is 4.16. The Hall–Kier alpha value is -0.160. The highest BCUT2D eigenvalue weighted by molar-refractivity contribution is 4.78. The zero-order valence-corrected chi connectivity index (χ0v) is 9.53. The molecule has 0 saturated carbocycles. The van der Waals surface area contributed by atoms with Crippen molar-refractivity contribution in [1.82, 2.24) is 15.1 Å². The van der Waals surface area contributed by atoms with Crippen LogP contribution in [0.15, 0.2) is 0 Å². The number of hydrogen-bond acceptors (Lipinski definition) is 4. The van der Waals surface area contributed by atoms with Gasteiger partial charge in [0.15, 0.2) is 0 Å². The highest BCUT2D eigenvalue weighted by Crippen LogP contribution is 2.00. The second-order valence-corrected chi connectivity index (χ2v) is 4.53. The van der Waals surface area contributed by atoms with E-state index in [0.717, 1.165) is 32.7 Å². The number of likely N-dealkylation sites (N-methyl/N-ethyl adjacent to an activating group) is 1. The summed E-state index contributed by atoms with van der Waals surface area (Å²) >= 11 is 0. The molecule has 0 aromatic rings. The molecule has 2 unspecified atom stereocenters. The van der Waals surface area contributed by atoms with Gasteiger partial charge < -0.3 is 15.3 Å². The molecule has 1 rings (SSSR count). The largest absolute Gasteiger partial charge is 0.390 e. The minimum absolute atomic E-state index is 0.220. The average Bonchev–Trinajstić information content (AvgIpc) is 2.25. The number of hydrogen-bond donors (Lipinski definition) is 2. The first-order chi connectivity index (χ1) is 6.58. The second kappa shape index (κ2) is 5.66. The van der Waals surface area contributed by atoms with Gasteiger partial charge in [0, 0.05) is 38.8 Å². The van der Waals surface area contributed by atoms with Gasteiger partial charge >= 0.3 is 0 Å². The van der Waals surface area contributed by atoms with Gasteiger partial charge in [-0.3, -0.25) is 4.90 Å². The lowest BCUT2D eigenvalue weighted by molar-refractivity contribution is 0.125. The van der Waals surface area contributed by atoms with Crippen LogP contribution in [0.4, 0.5) is 0 Å². The van der Waals surface area contributed by atoms with Crippen molar-refractivity contribution < 1.29 is 5.11 Å². The lowest BCUT2D eigenvalue weighted by atomic mass is 10.3. The molecule has 1 fully saturated rings. The fourth-order valence-corrected chi connectivity index (χ4v) is 1.75. The smallest absolute Gasteiger partial charge is 0.0791 e. The summed E-state index contributed by atoms with van der Waals surface area (Å²) in [6, 6.07) is 0.481. The van der Waals surface area contributed by atoms with E-state index in [0.29, 0.717) is 6.04 Å². The number of nitrogens with one attached hydrogen (secondary N) is 1. The van der Waals surface area contributed by atoms with E-state index in [-0.39, 0.29) is 6.10 Å². The summed E-state index contributed by atoms with van der Waals surface area (Å²) in [4.78, 5) is 4.50. The van der Waals surface area contributed by atoms with Crippen molar-refractivity contribution in [3.8, 4) is 0 Å². The molecule has 4 heteroatoms. The van der Waals surface area contributed by atoms with Crippen molar-refractivity contribution in [1.29, 1.82) is 0 Å². The molecule has 4 nitrogen and oxygen atoms in total. The molecule has 0 spiro atoms. The Morgan fingerprint density at radius 1 is 1.43 bits per heavy atom. The molecular formula is C10H23N3O. The van der Waals surface area contributed by atoms with E-state index >= 15 is 0 Å². The fourth-order valence-electron chi connectivity index (χ4n) is 1.75. The molecule has 1 heterocycles. The second-order valence-electron chi connectivity index (χ2n) is 4.53. The SMILES string of the molecule is CC1CN(CCN(C)C)CC(O)CN1. The van der Waals surface area contributed by atoms with E-state index < -0.39 is 0 Å². The summed E-state index contributed by atoms with van der Waals surface area (Å²) in [5.41, 5.74) is 0. The standard InChI is InChI=1S/C10H23N3O/c1-9-7-13(5-4-12(2)3)8-10(14)6-11-9/h9-11,14H,4-8H2,1-3H3. The Balaban J connectivity index is 2.33. The Morgan fingerprint density at radius 3 is 2.79 bits per heavy atom. The molecule has 0 aromatic heterocycles.